The molecular weight excluding hydrogens is 557 g/mol. The normalized spacial score (nSPS) is 10.7. The molecule has 0 aromatic heterocycles. The first-order chi connectivity index (χ1) is 16.8. The first kappa shape index (κ1) is 26.5. The second-order valence-corrected chi connectivity index (χ2v) is 8.93. The number of benzene rings is 3. The van der Waals surface area contributed by atoms with Crippen LogP contribution in [0.4, 0.5) is 5.69 Å². The first-order valence-corrected chi connectivity index (χ1v) is 12.1. The molecule has 3 aromatic carbocycles. The number of halogens is 3. The van der Waals surface area contributed by atoms with Crippen molar-refractivity contribution in [3.8, 4) is 11.5 Å². The van der Waals surface area contributed by atoms with Gasteiger partial charge in [-0.3, -0.25) is 9.59 Å². The molecule has 2 N–H and O–H groups in total. The maximum atomic E-state index is 12.1. The van der Waals surface area contributed by atoms with Gasteiger partial charge in [-0.2, -0.15) is 5.10 Å². The standard InChI is InChI=1S/C25H22BrCl2N3O4/c1-2-34-23-11-17(5-10-22(23)35-15-16-3-6-18(26)7-4-16)14-29-31-25(33)13-24(32)30-19-8-9-20(27)21(28)12-19/h3-12,14H,2,13,15H2,1H3,(H,30,32)(H,31,33)/b29-14+. The van der Waals surface area contributed by atoms with Crippen LogP contribution in [0.1, 0.15) is 24.5 Å². The molecule has 2 amide bonds. The topological polar surface area (TPSA) is 89.0 Å². The van der Waals surface area contributed by atoms with Crippen molar-refractivity contribution in [1.82, 2.24) is 5.43 Å². The van der Waals surface area contributed by atoms with Gasteiger partial charge in [-0.05, 0) is 66.6 Å². The highest BCUT2D eigenvalue weighted by Crippen LogP contribution is 2.29. The second kappa shape index (κ2) is 13.1. The Kier molecular flexibility index (Phi) is 9.96. The molecule has 0 saturated heterocycles. The van der Waals surface area contributed by atoms with Gasteiger partial charge >= 0.3 is 0 Å². The van der Waals surface area contributed by atoms with Crippen LogP contribution in [0.3, 0.4) is 0 Å². The number of nitrogens with zero attached hydrogens (tertiary/aromatic N) is 1. The Morgan fingerprint density at radius 3 is 2.43 bits per heavy atom. The molecule has 0 atom stereocenters. The predicted octanol–water partition coefficient (Wildman–Crippen LogP) is 6.21. The summed E-state index contributed by atoms with van der Waals surface area (Å²) in [6.45, 7) is 2.73. The van der Waals surface area contributed by atoms with E-state index in [0.717, 1.165) is 10.0 Å². The van der Waals surface area contributed by atoms with Crippen LogP contribution in [-0.4, -0.2) is 24.6 Å². The van der Waals surface area contributed by atoms with Gasteiger partial charge in [-0.15, -0.1) is 0 Å². The number of nitrogens with one attached hydrogen (secondary N) is 2. The van der Waals surface area contributed by atoms with Gasteiger partial charge in [-0.25, -0.2) is 5.43 Å². The fraction of sp³-hybridized carbons (Fsp3) is 0.160. The number of hydrazone groups is 1. The number of amides is 2. The third-order valence-corrected chi connectivity index (χ3v) is 5.77. The smallest absolute Gasteiger partial charge is 0.249 e. The van der Waals surface area contributed by atoms with Crippen molar-refractivity contribution >= 4 is 62.8 Å². The highest BCUT2D eigenvalue weighted by Gasteiger charge is 2.10. The first-order valence-electron chi connectivity index (χ1n) is 10.5. The van der Waals surface area contributed by atoms with E-state index in [-0.39, 0.29) is 0 Å². The summed E-state index contributed by atoms with van der Waals surface area (Å²) in [4.78, 5) is 24.1. The third-order valence-electron chi connectivity index (χ3n) is 4.50. The maximum absolute atomic E-state index is 12.1. The molecule has 0 radical (unpaired) electrons. The van der Waals surface area contributed by atoms with Crippen LogP contribution < -0.4 is 20.2 Å². The van der Waals surface area contributed by atoms with Gasteiger partial charge in [0.05, 0.1) is 22.9 Å². The molecule has 0 fully saturated rings. The van der Waals surface area contributed by atoms with Crippen molar-refractivity contribution in [3.63, 3.8) is 0 Å². The summed E-state index contributed by atoms with van der Waals surface area (Å²) in [6, 6.07) is 17.8. The molecule has 0 heterocycles. The van der Waals surface area contributed by atoms with E-state index >= 15 is 0 Å². The molecule has 0 bridgehead atoms. The lowest BCUT2D eigenvalue weighted by atomic mass is 10.2. The Labute approximate surface area is 221 Å². The van der Waals surface area contributed by atoms with E-state index in [2.05, 4.69) is 31.8 Å². The number of ether oxygens (including phenoxy) is 2. The fourth-order valence-corrected chi connectivity index (χ4v) is 3.44. The van der Waals surface area contributed by atoms with Crippen molar-refractivity contribution in [2.24, 2.45) is 5.10 Å². The Morgan fingerprint density at radius 1 is 0.943 bits per heavy atom. The zero-order chi connectivity index (χ0) is 25.2. The van der Waals surface area contributed by atoms with Crippen molar-refractivity contribution in [1.29, 1.82) is 0 Å². The Balaban J connectivity index is 1.53. The number of hydrogen-bond acceptors (Lipinski definition) is 5. The monoisotopic (exact) mass is 577 g/mol. The van der Waals surface area contributed by atoms with Gasteiger partial charge in [0, 0.05) is 10.2 Å². The van der Waals surface area contributed by atoms with E-state index in [4.69, 9.17) is 32.7 Å². The van der Waals surface area contributed by atoms with Gasteiger partial charge in [0.2, 0.25) is 11.8 Å². The predicted molar refractivity (Wildman–Crippen MR) is 142 cm³/mol. The quantitative estimate of drug-likeness (QED) is 0.170. The molecule has 3 aromatic rings. The molecular formula is C25H22BrCl2N3O4. The van der Waals surface area contributed by atoms with Crippen LogP contribution in [0, 0.1) is 0 Å². The lowest BCUT2D eigenvalue weighted by molar-refractivity contribution is -0.126. The Hall–Kier alpha value is -3.07. The van der Waals surface area contributed by atoms with Gasteiger partial charge in [0.25, 0.3) is 0 Å². The number of anilines is 1. The molecule has 10 heteroatoms. The zero-order valence-corrected chi connectivity index (χ0v) is 21.8. The van der Waals surface area contributed by atoms with E-state index in [1.807, 2.05) is 31.2 Å². The lowest BCUT2D eigenvalue weighted by Gasteiger charge is -2.12. The molecule has 0 aliphatic carbocycles. The second-order valence-electron chi connectivity index (χ2n) is 7.20. The van der Waals surface area contributed by atoms with Gasteiger partial charge in [0.15, 0.2) is 11.5 Å². The summed E-state index contributed by atoms with van der Waals surface area (Å²) >= 11 is 15.2. The lowest BCUT2D eigenvalue weighted by Crippen LogP contribution is -2.24. The van der Waals surface area contributed by atoms with Crippen molar-refractivity contribution in [2.45, 2.75) is 20.0 Å². The minimum absolute atomic E-state index is 0.301. The molecule has 0 aliphatic heterocycles. The van der Waals surface area contributed by atoms with Crippen molar-refractivity contribution < 1.29 is 19.1 Å². The number of rotatable bonds is 10. The fourth-order valence-electron chi connectivity index (χ4n) is 2.88. The zero-order valence-electron chi connectivity index (χ0n) is 18.7. The minimum Gasteiger partial charge on any atom is -0.490 e. The van der Waals surface area contributed by atoms with Crippen molar-refractivity contribution in [2.75, 3.05) is 11.9 Å². The summed E-state index contributed by atoms with van der Waals surface area (Å²) in [7, 11) is 0. The van der Waals surface area contributed by atoms with Crippen LogP contribution in [0.2, 0.25) is 10.0 Å². The van der Waals surface area contributed by atoms with Gasteiger partial charge in [-0.1, -0.05) is 51.3 Å². The molecule has 0 spiro atoms. The molecule has 0 saturated carbocycles. The van der Waals surface area contributed by atoms with Crippen LogP contribution in [-0.2, 0) is 16.2 Å². The summed E-state index contributed by atoms with van der Waals surface area (Å²) in [5, 5.41) is 7.16. The number of carbonyl (C=O) groups excluding carboxylic acids is 2. The Morgan fingerprint density at radius 2 is 1.71 bits per heavy atom. The van der Waals surface area contributed by atoms with E-state index in [1.54, 1.807) is 30.3 Å². The van der Waals surface area contributed by atoms with Crippen LogP contribution in [0.5, 0.6) is 11.5 Å². The van der Waals surface area contributed by atoms with Crippen LogP contribution in [0.15, 0.2) is 70.2 Å². The number of carbonyl (C=O) groups is 2. The molecule has 182 valence electrons. The SMILES string of the molecule is CCOc1cc(/C=N/NC(=O)CC(=O)Nc2ccc(Cl)c(Cl)c2)ccc1OCc1ccc(Br)cc1. The summed E-state index contributed by atoms with van der Waals surface area (Å²) in [5.74, 6) is 0.0658. The average Bonchev–Trinajstić information content (AvgIpc) is 2.82. The number of hydrogen-bond donors (Lipinski definition) is 2. The molecule has 0 aliphatic rings. The minimum atomic E-state index is -0.571. The van der Waals surface area contributed by atoms with E-state index in [9.17, 15) is 9.59 Å². The summed E-state index contributed by atoms with van der Waals surface area (Å²) in [6.07, 6.45) is 1.04. The van der Waals surface area contributed by atoms with E-state index in [1.165, 1.54) is 12.3 Å². The third kappa shape index (κ3) is 8.58. The van der Waals surface area contributed by atoms with E-state index < -0.39 is 18.2 Å². The Bertz CT molecular complexity index is 1220. The highest BCUT2D eigenvalue weighted by atomic mass is 79.9. The van der Waals surface area contributed by atoms with Crippen LogP contribution in [0.25, 0.3) is 0 Å². The van der Waals surface area contributed by atoms with Crippen LogP contribution >= 0.6 is 39.1 Å². The summed E-state index contributed by atoms with van der Waals surface area (Å²) < 4.78 is 12.6. The van der Waals surface area contributed by atoms with Gasteiger partial charge in [0.1, 0.15) is 13.0 Å². The maximum Gasteiger partial charge on any atom is 0.249 e. The molecule has 3 rings (SSSR count). The molecule has 0 unspecified atom stereocenters. The average molecular weight is 579 g/mol. The molecule has 35 heavy (non-hydrogen) atoms. The van der Waals surface area contributed by atoms with Gasteiger partial charge < -0.3 is 14.8 Å². The largest absolute Gasteiger partial charge is 0.490 e. The van der Waals surface area contributed by atoms with Crippen molar-refractivity contribution in [3.05, 3.63) is 86.3 Å². The summed E-state index contributed by atoms with van der Waals surface area (Å²) in [5.41, 5.74) is 4.47. The van der Waals surface area contributed by atoms with E-state index in [0.29, 0.717) is 46.0 Å². The highest BCUT2D eigenvalue weighted by molar-refractivity contribution is 9.10. The molecule has 7 nitrogen and oxygen atoms in total.